The normalized spacial score (nSPS) is 21.4. The molecular formula is C17H27BrN2O. The lowest BCUT2D eigenvalue weighted by molar-refractivity contribution is -0.0459. The molecule has 2 unspecified atom stereocenters. The summed E-state index contributed by atoms with van der Waals surface area (Å²) in [5.74, 6) is 0. The van der Waals surface area contributed by atoms with Gasteiger partial charge in [0, 0.05) is 23.6 Å². The van der Waals surface area contributed by atoms with Gasteiger partial charge in [-0.1, -0.05) is 48.0 Å². The molecule has 1 aromatic carbocycles. The highest BCUT2D eigenvalue weighted by molar-refractivity contribution is 9.10. The minimum atomic E-state index is 0.275. The lowest BCUT2D eigenvalue weighted by atomic mass is 9.99. The Morgan fingerprint density at radius 1 is 1.38 bits per heavy atom. The first-order chi connectivity index (χ1) is 10.2. The van der Waals surface area contributed by atoms with Crippen LogP contribution in [0.2, 0.25) is 0 Å². The van der Waals surface area contributed by atoms with Gasteiger partial charge in [-0.15, -0.1) is 0 Å². The minimum Gasteiger partial charge on any atom is -0.374 e. The molecule has 0 aliphatic carbocycles. The Labute approximate surface area is 137 Å². The Balaban J connectivity index is 2.02. The van der Waals surface area contributed by atoms with Crippen LogP contribution in [0.25, 0.3) is 0 Å². The van der Waals surface area contributed by atoms with E-state index in [1.165, 1.54) is 23.0 Å². The van der Waals surface area contributed by atoms with Crippen LogP contribution in [0.3, 0.4) is 0 Å². The van der Waals surface area contributed by atoms with E-state index in [9.17, 15) is 0 Å². The summed E-state index contributed by atoms with van der Waals surface area (Å²) < 4.78 is 7.25. The second-order valence-electron chi connectivity index (χ2n) is 5.67. The fraction of sp³-hybridized carbons (Fsp3) is 0.647. The molecule has 0 amide bonds. The van der Waals surface area contributed by atoms with E-state index >= 15 is 0 Å². The van der Waals surface area contributed by atoms with Gasteiger partial charge in [0.25, 0.3) is 0 Å². The van der Waals surface area contributed by atoms with E-state index in [4.69, 9.17) is 4.74 Å². The maximum Gasteiger partial charge on any atom is 0.0858 e. The topological polar surface area (TPSA) is 24.5 Å². The first-order valence-electron chi connectivity index (χ1n) is 8.05. The molecule has 2 rings (SSSR count). The quantitative estimate of drug-likeness (QED) is 0.814. The lowest BCUT2D eigenvalue weighted by Gasteiger charge is -2.37. The van der Waals surface area contributed by atoms with E-state index in [0.29, 0.717) is 6.04 Å². The van der Waals surface area contributed by atoms with Crippen LogP contribution in [0, 0.1) is 0 Å². The van der Waals surface area contributed by atoms with Crippen LogP contribution in [0.4, 0.5) is 0 Å². The highest BCUT2D eigenvalue weighted by Crippen LogP contribution is 2.20. The summed E-state index contributed by atoms with van der Waals surface area (Å²) in [5.41, 5.74) is 1.35. The third-order valence-corrected chi connectivity index (χ3v) is 4.80. The van der Waals surface area contributed by atoms with Crippen LogP contribution in [0.5, 0.6) is 0 Å². The van der Waals surface area contributed by atoms with E-state index in [-0.39, 0.29) is 6.10 Å². The summed E-state index contributed by atoms with van der Waals surface area (Å²) >= 11 is 3.66. The second-order valence-corrected chi connectivity index (χ2v) is 6.52. The number of nitrogens with zero attached hydrogens (tertiary/aromatic N) is 1. The SMILES string of the molecule is CCCN1CCOC(C(Cc2ccccc2Br)NCC)C1. The molecule has 4 heteroatoms. The Morgan fingerprint density at radius 3 is 2.90 bits per heavy atom. The molecule has 1 fully saturated rings. The third-order valence-electron chi connectivity index (χ3n) is 4.03. The molecule has 0 spiro atoms. The largest absolute Gasteiger partial charge is 0.374 e. The van der Waals surface area contributed by atoms with Crippen molar-refractivity contribution < 1.29 is 4.74 Å². The van der Waals surface area contributed by atoms with E-state index in [1.54, 1.807) is 0 Å². The van der Waals surface area contributed by atoms with Gasteiger partial charge in [0.1, 0.15) is 0 Å². The molecular weight excluding hydrogens is 328 g/mol. The van der Waals surface area contributed by atoms with Crippen LogP contribution in [-0.4, -0.2) is 49.8 Å². The van der Waals surface area contributed by atoms with Gasteiger partial charge in [0.05, 0.1) is 12.7 Å². The fourth-order valence-electron chi connectivity index (χ4n) is 2.99. The molecule has 118 valence electrons. The molecule has 1 N–H and O–H groups in total. The molecule has 21 heavy (non-hydrogen) atoms. The lowest BCUT2D eigenvalue weighted by Crippen LogP contribution is -2.53. The highest BCUT2D eigenvalue weighted by Gasteiger charge is 2.27. The van der Waals surface area contributed by atoms with Crippen molar-refractivity contribution in [2.75, 3.05) is 32.8 Å². The molecule has 0 radical (unpaired) electrons. The van der Waals surface area contributed by atoms with E-state index < -0.39 is 0 Å². The molecule has 1 saturated heterocycles. The van der Waals surface area contributed by atoms with Gasteiger partial charge in [-0.3, -0.25) is 4.90 Å². The van der Waals surface area contributed by atoms with Gasteiger partial charge < -0.3 is 10.1 Å². The van der Waals surface area contributed by atoms with Crippen molar-refractivity contribution in [1.29, 1.82) is 0 Å². The van der Waals surface area contributed by atoms with Gasteiger partial charge >= 0.3 is 0 Å². The third kappa shape index (κ3) is 5.06. The molecule has 1 aromatic rings. The summed E-state index contributed by atoms with van der Waals surface area (Å²) in [7, 11) is 0. The molecule has 0 bridgehead atoms. The number of halogens is 1. The summed E-state index contributed by atoms with van der Waals surface area (Å²) in [6, 6.07) is 8.85. The van der Waals surface area contributed by atoms with Gasteiger partial charge in [-0.2, -0.15) is 0 Å². The smallest absolute Gasteiger partial charge is 0.0858 e. The van der Waals surface area contributed by atoms with Crippen LogP contribution in [0.1, 0.15) is 25.8 Å². The van der Waals surface area contributed by atoms with Crippen molar-refractivity contribution >= 4 is 15.9 Å². The zero-order chi connectivity index (χ0) is 15.1. The maximum atomic E-state index is 6.06. The molecule has 1 heterocycles. The summed E-state index contributed by atoms with van der Waals surface area (Å²) in [5, 5.41) is 3.62. The zero-order valence-corrected chi connectivity index (χ0v) is 14.7. The molecule has 1 aliphatic rings. The number of morpholine rings is 1. The number of benzene rings is 1. The Hall–Kier alpha value is -0.420. The fourth-order valence-corrected chi connectivity index (χ4v) is 3.44. The maximum absolute atomic E-state index is 6.06. The number of nitrogens with one attached hydrogen (secondary N) is 1. The monoisotopic (exact) mass is 354 g/mol. The predicted octanol–water partition coefficient (Wildman–Crippen LogP) is 3.08. The van der Waals surface area contributed by atoms with Gasteiger partial charge in [0.15, 0.2) is 0 Å². The van der Waals surface area contributed by atoms with Gasteiger partial charge in [-0.05, 0) is 37.6 Å². The van der Waals surface area contributed by atoms with Crippen LogP contribution in [-0.2, 0) is 11.2 Å². The molecule has 1 aliphatic heterocycles. The standard InChI is InChI=1S/C17H27BrN2O/c1-3-9-20-10-11-21-17(13-20)16(19-4-2)12-14-7-5-6-8-15(14)18/h5-8,16-17,19H,3-4,9-13H2,1-2H3. The molecule has 0 aromatic heterocycles. The highest BCUT2D eigenvalue weighted by atomic mass is 79.9. The van der Waals surface area contributed by atoms with Gasteiger partial charge in [0.2, 0.25) is 0 Å². The van der Waals surface area contributed by atoms with Crippen molar-refractivity contribution in [2.24, 2.45) is 0 Å². The summed E-state index contributed by atoms with van der Waals surface area (Å²) in [6.45, 7) is 9.51. The first-order valence-corrected chi connectivity index (χ1v) is 8.84. The Kier molecular flexibility index (Phi) is 7.17. The first kappa shape index (κ1) is 16.9. The Bertz CT molecular complexity index is 425. The minimum absolute atomic E-state index is 0.275. The summed E-state index contributed by atoms with van der Waals surface area (Å²) in [4.78, 5) is 2.53. The van der Waals surface area contributed by atoms with Crippen LogP contribution in [0.15, 0.2) is 28.7 Å². The van der Waals surface area contributed by atoms with E-state index in [1.807, 2.05) is 0 Å². The molecule has 0 saturated carbocycles. The van der Waals surface area contributed by atoms with Crippen LogP contribution >= 0.6 is 15.9 Å². The van der Waals surface area contributed by atoms with Crippen molar-refractivity contribution in [3.63, 3.8) is 0 Å². The zero-order valence-electron chi connectivity index (χ0n) is 13.1. The molecule has 2 atom stereocenters. The van der Waals surface area contributed by atoms with Gasteiger partial charge in [-0.25, -0.2) is 0 Å². The number of rotatable bonds is 7. The van der Waals surface area contributed by atoms with Crippen molar-refractivity contribution in [1.82, 2.24) is 10.2 Å². The Morgan fingerprint density at radius 2 is 2.19 bits per heavy atom. The van der Waals surface area contributed by atoms with Crippen molar-refractivity contribution in [2.45, 2.75) is 38.8 Å². The van der Waals surface area contributed by atoms with Crippen LogP contribution < -0.4 is 5.32 Å². The average molecular weight is 355 g/mol. The number of hydrogen-bond acceptors (Lipinski definition) is 3. The molecule has 3 nitrogen and oxygen atoms in total. The van der Waals surface area contributed by atoms with E-state index in [2.05, 4.69) is 64.3 Å². The predicted molar refractivity (Wildman–Crippen MR) is 91.8 cm³/mol. The van der Waals surface area contributed by atoms with E-state index in [0.717, 1.165) is 32.7 Å². The number of hydrogen-bond donors (Lipinski definition) is 1. The summed E-state index contributed by atoms with van der Waals surface area (Å²) in [6.07, 6.45) is 2.49. The number of ether oxygens (including phenoxy) is 1. The average Bonchev–Trinajstić information content (AvgIpc) is 2.49. The van der Waals surface area contributed by atoms with Crippen molar-refractivity contribution in [3.8, 4) is 0 Å². The second kappa shape index (κ2) is 8.89. The van der Waals surface area contributed by atoms with Crippen molar-refractivity contribution in [3.05, 3.63) is 34.3 Å². The number of likely N-dealkylation sites (N-methyl/N-ethyl adjacent to an activating group) is 1.